The second-order valence-corrected chi connectivity index (χ2v) is 5.89. The zero-order valence-electron chi connectivity index (χ0n) is 10.9. The average Bonchev–Trinajstić information content (AvgIpc) is 2.86. The molecule has 0 aliphatic carbocycles. The number of ether oxygens (including phenoxy) is 1. The van der Waals surface area contributed by atoms with E-state index in [0.29, 0.717) is 0 Å². The van der Waals surface area contributed by atoms with Crippen molar-refractivity contribution in [1.82, 2.24) is 9.80 Å². The zero-order chi connectivity index (χ0) is 13.1. The van der Waals surface area contributed by atoms with Crippen molar-refractivity contribution >= 4 is 29.1 Å². The van der Waals surface area contributed by atoms with Crippen molar-refractivity contribution in [3.63, 3.8) is 0 Å². The highest BCUT2D eigenvalue weighted by Crippen LogP contribution is 2.42. The fourth-order valence-corrected chi connectivity index (χ4v) is 3.60. The predicted octanol–water partition coefficient (Wildman–Crippen LogP) is 2.59. The molecule has 0 amide bonds. The molecule has 0 N–H and O–H groups in total. The molecule has 2 rings (SSSR count). The Kier molecular flexibility index (Phi) is 4.35. The summed E-state index contributed by atoms with van der Waals surface area (Å²) in [6, 6.07) is 8.17. The van der Waals surface area contributed by atoms with Crippen molar-refractivity contribution in [1.29, 1.82) is 0 Å². The second kappa shape index (κ2) is 5.80. The van der Waals surface area contributed by atoms with Crippen LogP contribution in [0.25, 0.3) is 0 Å². The molecule has 1 aromatic carbocycles. The van der Waals surface area contributed by atoms with Crippen molar-refractivity contribution in [2.75, 3.05) is 33.5 Å². The molecule has 1 unspecified atom stereocenters. The van der Waals surface area contributed by atoms with Gasteiger partial charge in [-0.05, 0) is 18.3 Å². The first-order valence-corrected chi connectivity index (χ1v) is 7.33. The van der Waals surface area contributed by atoms with Crippen LogP contribution in [-0.4, -0.2) is 48.4 Å². The van der Waals surface area contributed by atoms with Crippen molar-refractivity contribution in [2.24, 2.45) is 0 Å². The Bertz CT molecular complexity index is 437. The van der Waals surface area contributed by atoms with E-state index < -0.39 is 0 Å². The van der Waals surface area contributed by atoms with E-state index in [-0.39, 0.29) is 5.37 Å². The third kappa shape index (κ3) is 2.57. The molecule has 0 spiro atoms. The molecule has 0 radical (unpaired) electrons. The van der Waals surface area contributed by atoms with E-state index >= 15 is 0 Å². The molecule has 1 aliphatic rings. The maximum atomic E-state index is 5.49. The number of nitrogens with zero attached hydrogens (tertiary/aromatic N) is 2. The van der Waals surface area contributed by atoms with Gasteiger partial charge in [-0.1, -0.05) is 18.2 Å². The number of thiocarbonyl (C=S) groups is 1. The first-order chi connectivity index (χ1) is 8.65. The molecule has 0 aromatic heterocycles. The van der Waals surface area contributed by atoms with Gasteiger partial charge in [0.25, 0.3) is 0 Å². The quantitative estimate of drug-likeness (QED) is 0.773. The van der Waals surface area contributed by atoms with E-state index in [4.69, 9.17) is 17.0 Å². The van der Waals surface area contributed by atoms with E-state index in [1.807, 2.05) is 49.0 Å². The van der Waals surface area contributed by atoms with E-state index in [2.05, 4.69) is 11.0 Å². The first-order valence-electron chi connectivity index (χ1n) is 5.87. The van der Waals surface area contributed by atoms with Gasteiger partial charge < -0.3 is 14.5 Å². The number of hydrogen-bond acceptors (Lipinski definition) is 3. The highest BCUT2D eigenvalue weighted by molar-refractivity contribution is 7.99. The Morgan fingerprint density at radius 3 is 2.83 bits per heavy atom. The van der Waals surface area contributed by atoms with Gasteiger partial charge in [-0.2, -0.15) is 0 Å². The lowest BCUT2D eigenvalue weighted by Crippen LogP contribution is -2.38. The average molecular weight is 282 g/mol. The molecule has 1 aliphatic heterocycles. The predicted molar refractivity (Wildman–Crippen MR) is 81.2 cm³/mol. The van der Waals surface area contributed by atoms with Gasteiger partial charge >= 0.3 is 0 Å². The number of hydrogen-bond donors (Lipinski definition) is 0. The van der Waals surface area contributed by atoms with Crippen molar-refractivity contribution in [2.45, 2.75) is 5.37 Å². The van der Waals surface area contributed by atoms with Crippen LogP contribution in [0.3, 0.4) is 0 Å². The Hall–Kier alpha value is -0.940. The van der Waals surface area contributed by atoms with Crippen LogP contribution in [0.5, 0.6) is 5.75 Å². The van der Waals surface area contributed by atoms with Gasteiger partial charge in [0.1, 0.15) is 11.1 Å². The number of thioether (sulfide) groups is 1. The lowest BCUT2D eigenvalue weighted by atomic mass is 10.2. The van der Waals surface area contributed by atoms with E-state index in [1.54, 1.807) is 7.11 Å². The maximum absolute atomic E-state index is 5.49. The van der Waals surface area contributed by atoms with Crippen molar-refractivity contribution in [3.8, 4) is 5.75 Å². The van der Waals surface area contributed by atoms with Gasteiger partial charge in [0.2, 0.25) is 0 Å². The van der Waals surface area contributed by atoms with Gasteiger partial charge in [-0.3, -0.25) is 0 Å². The Morgan fingerprint density at radius 2 is 2.17 bits per heavy atom. The number of methoxy groups -OCH3 is 1. The molecule has 1 fully saturated rings. The first kappa shape index (κ1) is 13.5. The van der Waals surface area contributed by atoms with Crippen molar-refractivity contribution in [3.05, 3.63) is 29.8 Å². The summed E-state index contributed by atoms with van der Waals surface area (Å²) in [5.41, 5.74) is 1.20. The summed E-state index contributed by atoms with van der Waals surface area (Å²) in [5.74, 6) is 2.03. The molecule has 1 saturated heterocycles. The van der Waals surface area contributed by atoms with Crippen LogP contribution in [0.1, 0.15) is 10.9 Å². The molecule has 1 atom stereocenters. The summed E-state index contributed by atoms with van der Waals surface area (Å²) >= 11 is 7.40. The molecule has 0 saturated carbocycles. The van der Waals surface area contributed by atoms with Gasteiger partial charge in [-0.15, -0.1) is 11.8 Å². The fourth-order valence-electron chi connectivity index (χ4n) is 2.05. The highest BCUT2D eigenvalue weighted by Gasteiger charge is 2.31. The van der Waals surface area contributed by atoms with Gasteiger partial charge in [0.05, 0.1) is 7.11 Å². The zero-order valence-corrected chi connectivity index (χ0v) is 12.6. The molecule has 18 heavy (non-hydrogen) atoms. The van der Waals surface area contributed by atoms with E-state index in [0.717, 1.165) is 23.2 Å². The maximum Gasteiger partial charge on any atom is 0.172 e. The Balaban J connectivity index is 2.29. The van der Waals surface area contributed by atoms with Gasteiger partial charge in [0, 0.05) is 32.0 Å². The molecule has 1 heterocycles. The standard InChI is InChI=1S/C13H18N2OS2/c1-14(2)13(17)15-8-9-18-12(15)10-6-4-5-7-11(10)16-3/h4-7,12H,8-9H2,1-3H3. The van der Waals surface area contributed by atoms with Crippen molar-refractivity contribution < 1.29 is 4.74 Å². The smallest absolute Gasteiger partial charge is 0.172 e. The van der Waals surface area contributed by atoms with Crippen LogP contribution in [0.2, 0.25) is 0 Å². The minimum absolute atomic E-state index is 0.260. The molecular weight excluding hydrogens is 264 g/mol. The van der Waals surface area contributed by atoms with Crippen LogP contribution >= 0.6 is 24.0 Å². The molecule has 98 valence electrons. The topological polar surface area (TPSA) is 15.7 Å². The third-order valence-electron chi connectivity index (χ3n) is 2.92. The SMILES string of the molecule is COc1ccccc1C1SCCN1C(=S)N(C)C. The molecule has 5 heteroatoms. The second-order valence-electron chi connectivity index (χ2n) is 4.34. The van der Waals surface area contributed by atoms with Gasteiger partial charge in [0.15, 0.2) is 5.11 Å². The van der Waals surface area contributed by atoms with E-state index in [1.165, 1.54) is 5.56 Å². The van der Waals surface area contributed by atoms with Crippen LogP contribution in [0.15, 0.2) is 24.3 Å². The summed E-state index contributed by atoms with van der Waals surface area (Å²) in [6.07, 6.45) is 0. The molecule has 0 bridgehead atoms. The lowest BCUT2D eigenvalue weighted by molar-refractivity contribution is 0.373. The molecule has 3 nitrogen and oxygen atoms in total. The lowest BCUT2D eigenvalue weighted by Gasteiger charge is -2.30. The number of para-hydroxylation sites is 1. The van der Waals surface area contributed by atoms with Crippen LogP contribution < -0.4 is 4.74 Å². The van der Waals surface area contributed by atoms with Crippen LogP contribution in [0.4, 0.5) is 0 Å². The molecular formula is C13H18N2OS2. The van der Waals surface area contributed by atoms with Crippen LogP contribution in [0, 0.1) is 0 Å². The highest BCUT2D eigenvalue weighted by atomic mass is 32.2. The summed E-state index contributed by atoms with van der Waals surface area (Å²) in [7, 11) is 5.70. The summed E-state index contributed by atoms with van der Waals surface area (Å²) in [5, 5.41) is 1.15. The van der Waals surface area contributed by atoms with E-state index in [9.17, 15) is 0 Å². The fraction of sp³-hybridized carbons (Fsp3) is 0.462. The summed E-state index contributed by atoms with van der Waals surface area (Å²) in [6.45, 7) is 0.990. The summed E-state index contributed by atoms with van der Waals surface area (Å²) in [4.78, 5) is 4.25. The monoisotopic (exact) mass is 282 g/mol. The minimum Gasteiger partial charge on any atom is -0.496 e. The molecule has 1 aromatic rings. The Labute approximate surface area is 118 Å². The van der Waals surface area contributed by atoms with Crippen LogP contribution in [-0.2, 0) is 0 Å². The number of rotatable bonds is 2. The normalized spacial score (nSPS) is 18.8. The summed E-state index contributed by atoms with van der Waals surface area (Å²) < 4.78 is 5.45. The van der Waals surface area contributed by atoms with Gasteiger partial charge in [-0.25, -0.2) is 0 Å². The number of benzene rings is 1. The largest absolute Gasteiger partial charge is 0.496 e. The minimum atomic E-state index is 0.260. The Morgan fingerprint density at radius 1 is 1.44 bits per heavy atom. The third-order valence-corrected chi connectivity index (χ3v) is 4.77.